The second-order valence-electron chi connectivity index (χ2n) is 4.49. The first kappa shape index (κ1) is 16.9. The second-order valence-corrected chi connectivity index (χ2v) is 4.49. The topological polar surface area (TPSA) is 58.4 Å². The van der Waals surface area contributed by atoms with E-state index in [4.69, 9.17) is 5.11 Å². The molecule has 0 fully saturated rings. The number of halogens is 1. The lowest BCUT2D eigenvalue weighted by molar-refractivity contribution is -0.138. The summed E-state index contributed by atoms with van der Waals surface area (Å²) in [7, 11) is 0. The van der Waals surface area contributed by atoms with Gasteiger partial charge in [-0.15, -0.1) is 12.4 Å². The number of carboxylic acid groups (broad SMARTS) is 1. The first-order valence-corrected chi connectivity index (χ1v) is 6.01. The van der Waals surface area contributed by atoms with Gasteiger partial charge in [-0.3, -0.25) is 14.4 Å². The Bertz CT molecular complexity index is 366. The zero-order valence-electron chi connectivity index (χ0n) is 11.2. The fourth-order valence-corrected chi connectivity index (χ4v) is 1.70. The maximum Gasteiger partial charge on any atom is 0.317 e. The number of carbonyl (C=O) groups is 1. The molecule has 1 aromatic rings. The summed E-state index contributed by atoms with van der Waals surface area (Å²) in [6.45, 7) is 7.63. The number of hydrogen-bond acceptors (Lipinski definition) is 3. The lowest BCUT2D eigenvalue weighted by Crippen LogP contribution is -2.30. The van der Waals surface area contributed by atoms with Crippen LogP contribution in [0.1, 0.15) is 38.9 Å². The molecule has 0 radical (unpaired) electrons. The van der Waals surface area contributed by atoms with Crippen LogP contribution in [0.2, 0.25) is 0 Å². The SMILES string of the molecule is CCCN(CC(=O)O)Cc1ccn(C(C)C)n1.Cl. The van der Waals surface area contributed by atoms with Gasteiger partial charge in [0.25, 0.3) is 0 Å². The van der Waals surface area contributed by atoms with Crippen LogP contribution in [-0.4, -0.2) is 38.8 Å². The monoisotopic (exact) mass is 275 g/mol. The lowest BCUT2D eigenvalue weighted by atomic mass is 10.3. The average Bonchev–Trinajstić information content (AvgIpc) is 2.65. The maximum atomic E-state index is 10.7. The van der Waals surface area contributed by atoms with Crippen LogP contribution in [0.5, 0.6) is 0 Å². The Morgan fingerprint density at radius 2 is 2.22 bits per heavy atom. The molecule has 0 bridgehead atoms. The molecule has 5 nitrogen and oxygen atoms in total. The minimum Gasteiger partial charge on any atom is -0.480 e. The van der Waals surface area contributed by atoms with E-state index < -0.39 is 5.97 Å². The molecule has 0 atom stereocenters. The highest BCUT2D eigenvalue weighted by molar-refractivity contribution is 5.85. The Kier molecular flexibility index (Phi) is 7.62. The third-order valence-electron chi connectivity index (χ3n) is 2.48. The summed E-state index contributed by atoms with van der Waals surface area (Å²) in [5.41, 5.74) is 0.924. The largest absolute Gasteiger partial charge is 0.480 e. The Hall–Kier alpha value is -1.07. The van der Waals surface area contributed by atoms with E-state index in [0.29, 0.717) is 12.6 Å². The van der Waals surface area contributed by atoms with Gasteiger partial charge in [-0.2, -0.15) is 5.10 Å². The van der Waals surface area contributed by atoms with Crippen molar-refractivity contribution >= 4 is 18.4 Å². The van der Waals surface area contributed by atoms with Crippen LogP contribution >= 0.6 is 12.4 Å². The fourth-order valence-electron chi connectivity index (χ4n) is 1.70. The molecule has 0 aromatic carbocycles. The van der Waals surface area contributed by atoms with Gasteiger partial charge in [0.2, 0.25) is 0 Å². The van der Waals surface area contributed by atoms with Gasteiger partial charge in [0.05, 0.1) is 12.2 Å². The molecule has 0 amide bonds. The standard InChI is InChI=1S/C12H21N3O2.ClH/c1-4-6-14(9-12(16)17)8-11-5-7-15(13-11)10(2)3;/h5,7,10H,4,6,8-9H2,1-3H3,(H,16,17);1H. The van der Waals surface area contributed by atoms with E-state index in [-0.39, 0.29) is 19.0 Å². The Morgan fingerprint density at radius 1 is 1.56 bits per heavy atom. The van der Waals surface area contributed by atoms with Crippen molar-refractivity contribution in [2.45, 2.75) is 39.8 Å². The van der Waals surface area contributed by atoms with Gasteiger partial charge < -0.3 is 5.11 Å². The summed E-state index contributed by atoms with van der Waals surface area (Å²) in [6.07, 6.45) is 2.88. The van der Waals surface area contributed by atoms with Gasteiger partial charge >= 0.3 is 5.97 Å². The quantitative estimate of drug-likeness (QED) is 0.829. The van der Waals surface area contributed by atoms with Crippen molar-refractivity contribution in [3.63, 3.8) is 0 Å². The van der Waals surface area contributed by atoms with Crippen LogP contribution in [0.15, 0.2) is 12.3 Å². The lowest BCUT2D eigenvalue weighted by Gasteiger charge is -2.17. The summed E-state index contributed by atoms with van der Waals surface area (Å²) in [5.74, 6) is -0.790. The van der Waals surface area contributed by atoms with Gasteiger partial charge in [0.1, 0.15) is 0 Å². The van der Waals surface area contributed by atoms with E-state index >= 15 is 0 Å². The van der Waals surface area contributed by atoms with Crippen LogP contribution in [0, 0.1) is 0 Å². The van der Waals surface area contributed by atoms with E-state index in [1.165, 1.54) is 0 Å². The molecule has 1 heterocycles. The van der Waals surface area contributed by atoms with Crippen LogP contribution in [0.4, 0.5) is 0 Å². The minimum absolute atomic E-state index is 0. The van der Waals surface area contributed by atoms with Gasteiger partial charge in [-0.25, -0.2) is 0 Å². The highest BCUT2D eigenvalue weighted by Crippen LogP contribution is 2.07. The average molecular weight is 276 g/mol. The molecular formula is C12H22ClN3O2. The molecule has 1 N–H and O–H groups in total. The molecule has 1 rings (SSSR count). The third-order valence-corrected chi connectivity index (χ3v) is 2.48. The molecule has 104 valence electrons. The van der Waals surface area contributed by atoms with E-state index in [1.807, 2.05) is 28.8 Å². The summed E-state index contributed by atoms with van der Waals surface area (Å²) >= 11 is 0. The van der Waals surface area contributed by atoms with Crippen LogP contribution < -0.4 is 0 Å². The summed E-state index contributed by atoms with van der Waals surface area (Å²) in [5, 5.41) is 13.2. The summed E-state index contributed by atoms with van der Waals surface area (Å²) < 4.78 is 1.89. The molecule has 0 spiro atoms. The van der Waals surface area contributed by atoms with Crippen molar-refractivity contribution in [2.24, 2.45) is 0 Å². The van der Waals surface area contributed by atoms with Crippen molar-refractivity contribution < 1.29 is 9.90 Å². The Balaban J connectivity index is 0.00000289. The maximum absolute atomic E-state index is 10.7. The van der Waals surface area contributed by atoms with Crippen LogP contribution in [-0.2, 0) is 11.3 Å². The predicted molar refractivity (Wildman–Crippen MR) is 73.1 cm³/mol. The Labute approximate surface area is 114 Å². The molecule has 1 aromatic heterocycles. The molecule has 0 aliphatic heterocycles. The van der Waals surface area contributed by atoms with Gasteiger partial charge in [0, 0.05) is 18.8 Å². The van der Waals surface area contributed by atoms with Gasteiger partial charge in [-0.05, 0) is 32.9 Å². The van der Waals surface area contributed by atoms with Crippen LogP contribution in [0.3, 0.4) is 0 Å². The third kappa shape index (κ3) is 5.51. The Morgan fingerprint density at radius 3 is 2.67 bits per heavy atom. The fraction of sp³-hybridized carbons (Fsp3) is 0.667. The first-order valence-electron chi connectivity index (χ1n) is 6.01. The first-order chi connectivity index (χ1) is 8.02. The molecule has 0 aliphatic carbocycles. The van der Waals surface area contributed by atoms with Gasteiger partial charge in [0.15, 0.2) is 0 Å². The van der Waals surface area contributed by atoms with E-state index in [0.717, 1.165) is 18.7 Å². The van der Waals surface area contributed by atoms with E-state index in [9.17, 15) is 4.79 Å². The van der Waals surface area contributed by atoms with Crippen molar-refractivity contribution in [3.05, 3.63) is 18.0 Å². The van der Waals surface area contributed by atoms with Crippen molar-refractivity contribution in [3.8, 4) is 0 Å². The number of carboxylic acids is 1. The van der Waals surface area contributed by atoms with Crippen molar-refractivity contribution in [1.29, 1.82) is 0 Å². The molecule has 0 saturated carbocycles. The number of rotatable bonds is 7. The molecule has 0 aliphatic rings. The van der Waals surface area contributed by atoms with E-state index in [1.54, 1.807) is 0 Å². The summed E-state index contributed by atoms with van der Waals surface area (Å²) in [6, 6.07) is 2.28. The normalized spacial score (nSPS) is 10.7. The molecule has 6 heteroatoms. The molecular weight excluding hydrogens is 254 g/mol. The number of aromatic nitrogens is 2. The number of aliphatic carboxylic acids is 1. The number of hydrogen-bond donors (Lipinski definition) is 1. The number of nitrogens with zero attached hydrogens (tertiary/aromatic N) is 3. The summed E-state index contributed by atoms with van der Waals surface area (Å²) in [4.78, 5) is 12.6. The predicted octanol–water partition coefficient (Wildman–Crippen LogP) is 2.18. The zero-order chi connectivity index (χ0) is 12.8. The van der Waals surface area contributed by atoms with E-state index in [2.05, 4.69) is 18.9 Å². The van der Waals surface area contributed by atoms with Crippen LogP contribution in [0.25, 0.3) is 0 Å². The second kappa shape index (κ2) is 8.11. The van der Waals surface area contributed by atoms with Crippen molar-refractivity contribution in [1.82, 2.24) is 14.7 Å². The van der Waals surface area contributed by atoms with Crippen molar-refractivity contribution in [2.75, 3.05) is 13.1 Å². The highest BCUT2D eigenvalue weighted by atomic mass is 35.5. The van der Waals surface area contributed by atoms with Gasteiger partial charge in [-0.1, -0.05) is 6.92 Å². The zero-order valence-corrected chi connectivity index (χ0v) is 12.0. The molecule has 0 saturated heterocycles. The molecule has 0 unspecified atom stereocenters. The minimum atomic E-state index is -0.790. The smallest absolute Gasteiger partial charge is 0.317 e. The highest BCUT2D eigenvalue weighted by Gasteiger charge is 2.11. The molecule has 18 heavy (non-hydrogen) atoms.